The Labute approximate surface area is 72.0 Å². The molecule has 1 aliphatic heterocycles. The Morgan fingerprint density at radius 3 is 3.00 bits per heavy atom. The van der Waals surface area contributed by atoms with Crippen LogP contribution in [0.5, 0.6) is 0 Å². The molecule has 1 aromatic rings. The SMILES string of the molecule is Cn1ccnc1N1CCC(N)C1. The average Bonchev–Trinajstić information content (AvgIpc) is 2.58. The lowest BCUT2D eigenvalue weighted by Crippen LogP contribution is -2.27. The predicted octanol–water partition coefficient (Wildman–Crippen LogP) is -0.0425. The van der Waals surface area contributed by atoms with E-state index in [0.717, 1.165) is 25.5 Å². The van der Waals surface area contributed by atoms with Crippen molar-refractivity contribution in [2.24, 2.45) is 12.8 Å². The fourth-order valence-electron chi connectivity index (χ4n) is 1.63. The minimum Gasteiger partial charge on any atom is -0.341 e. The Hall–Kier alpha value is -1.03. The van der Waals surface area contributed by atoms with Crippen LogP contribution in [0.1, 0.15) is 6.42 Å². The molecular formula is C8H14N4. The van der Waals surface area contributed by atoms with E-state index in [0.29, 0.717) is 6.04 Å². The second-order valence-corrected chi connectivity index (χ2v) is 3.33. The Kier molecular flexibility index (Phi) is 1.77. The highest BCUT2D eigenvalue weighted by molar-refractivity contribution is 5.33. The highest BCUT2D eigenvalue weighted by Gasteiger charge is 2.21. The van der Waals surface area contributed by atoms with Gasteiger partial charge in [-0.1, -0.05) is 0 Å². The maximum atomic E-state index is 5.80. The third kappa shape index (κ3) is 1.18. The molecule has 1 atom stereocenters. The van der Waals surface area contributed by atoms with Crippen LogP contribution in [0.25, 0.3) is 0 Å². The van der Waals surface area contributed by atoms with Gasteiger partial charge in [0.25, 0.3) is 0 Å². The molecule has 4 nitrogen and oxygen atoms in total. The van der Waals surface area contributed by atoms with Gasteiger partial charge in [-0.2, -0.15) is 0 Å². The molecule has 2 heterocycles. The molecule has 0 amide bonds. The van der Waals surface area contributed by atoms with Gasteiger partial charge in [-0.15, -0.1) is 0 Å². The summed E-state index contributed by atoms with van der Waals surface area (Å²) in [6.45, 7) is 1.97. The second-order valence-electron chi connectivity index (χ2n) is 3.33. The third-order valence-electron chi connectivity index (χ3n) is 2.30. The molecule has 0 radical (unpaired) electrons. The first-order valence-corrected chi connectivity index (χ1v) is 4.25. The van der Waals surface area contributed by atoms with Crippen molar-refractivity contribution in [3.63, 3.8) is 0 Å². The molecule has 4 heteroatoms. The van der Waals surface area contributed by atoms with Crippen molar-refractivity contribution in [1.82, 2.24) is 9.55 Å². The van der Waals surface area contributed by atoms with Gasteiger partial charge in [0.15, 0.2) is 0 Å². The highest BCUT2D eigenvalue weighted by atomic mass is 15.3. The van der Waals surface area contributed by atoms with E-state index in [4.69, 9.17) is 5.73 Å². The van der Waals surface area contributed by atoms with Gasteiger partial charge < -0.3 is 15.2 Å². The molecule has 0 aromatic carbocycles. The summed E-state index contributed by atoms with van der Waals surface area (Å²) >= 11 is 0. The number of rotatable bonds is 1. The number of aryl methyl sites for hydroxylation is 1. The molecule has 0 saturated carbocycles. The fourth-order valence-corrected chi connectivity index (χ4v) is 1.63. The largest absolute Gasteiger partial charge is 0.341 e. The Balaban J connectivity index is 2.16. The van der Waals surface area contributed by atoms with Crippen molar-refractivity contribution in [3.05, 3.63) is 12.4 Å². The van der Waals surface area contributed by atoms with Crippen LogP contribution in [0.2, 0.25) is 0 Å². The van der Waals surface area contributed by atoms with Crippen LogP contribution >= 0.6 is 0 Å². The molecule has 0 bridgehead atoms. The van der Waals surface area contributed by atoms with Crippen LogP contribution in [0.3, 0.4) is 0 Å². The Bertz CT molecular complexity index is 268. The van der Waals surface area contributed by atoms with Crippen LogP contribution in [0, 0.1) is 0 Å². The van der Waals surface area contributed by atoms with E-state index in [1.807, 2.05) is 24.0 Å². The predicted molar refractivity (Wildman–Crippen MR) is 48.0 cm³/mol. The zero-order valence-corrected chi connectivity index (χ0v) is 7.27. The monoisotopic (exact) mass is 166 g/mol. The van der Waals surface area contributed by atoms with Crippen LogP contribution in [-0.2, 0) is 7.05 Å². The van der Waals surface area contributed by atoms with Crippen molar-refractivity contribution in [3.8, 4) is 0 Å². The summed E-state index contributed by atoms with van der Waals surface area (Å²) in [5.41, 5.74) is 5.80. The molecule has 2 rings (SSSR count). The summed E-state index contributed by atoms with van der Waals surface area (Å²) in [6, 6.07) is 0.321. The normalized spacial score (nSPS) is 23.5. The van der Waals surface area contributed by atoms with Gasteiger partial charge >= 0.3 is 0 Å². The maximum absolute atomic E-state index is 5.80. The van der Waals surface area contributed by atoms with E-state index in [-0.39, 0.29) is 0 Å². The van der Waals surface area contributed by atoms with E-state index in [1.165, 1.54) is 0 Å². The van der Waals surface area contributed by atoms with Gasteiger partial charge in [0, 0.05) is 38.6 Å². The summed E-state index contributed by atoms with van der Waals surface area (Å²) in [6.07, 6.45) is 4.85. The van der Waals surface area contributed by atoms with Crippen LogP contribution in [0.4, 0.5) is 5.95 Å². The summed E-state index contributed by atoms with van der Waals surface area (Å²) in [7, 11) is 2.01. The van der Waals surface area contributed by atoms with Crippen molar-refractivity contribution in [2.45, 2.75) is 12.5 Å². The first kappa shape index (κ1) is 7.61. The van der Waals surface area contributed by atoms with E-state index in [9.17, 15) is 0 Å². The topological polar surface area (TPSA) is 47.1 Å². The number of nitrogens with two attached hydrogens (primary N) is 1. The number of imidazole rings is 1. The summed E-state index contributed by atoms with van der Waals surface area (Å²) in [4.78, 5) is 6.49. The lowest BCUT2D eigenvalue weighted by molar-refractivity contribution is 0.746. The summed E-state index contributed by atoms with van der Waals surface area (Å²) in [5.74, 6) is 1.03. The van der Waals surface area contributed by atoms with Crippen molar-refractivity contribution in [2.75, 3.05) is 18.0 Å². The zero-order chi connectivity index (χ0) is 8.55. The van der Waals surface area contributed by atoms with E-state index >= 15 is 0 Å². The Morgan fingerprint density at radius 1 is 1.67 bits per heavy atom. The minimum absolute atomic E-state index is 0.321. The molecule has 1 aromatic heterocycles. The van der Waals surface area contributed by atoms with Gasteiger partial charge in [-0.25, -0.2) is 4.98 Å². The number of aromatic nitrogens is 2. The van der Waals surface area contributed by atoms with E-state index < -0.39 is 0 Å². The first-order valence-electron chi connectivity index (χ1n) is 4.25. The van der Waals surface area contributed by atoms with Crippen molar-refractivity contribution in [1.29, 1.82) is 0 Å². The molecule has 1 aliphatic rings. The van der Waals surface area contributed by atoms with Gasteiger partial charge in [0.1, 0.15) is 0 Å². The molecule has 1 fully saturated rings. The van der Waals surface area contributed by atoms with E-state index in [1.54, 1.807) is 0 Å². The summed E-state index contributed by atoms with van der Waals surface area (Å²) < 4.78 is 2.03. The number of hydrogen-bond donors (Lipinski definition) is 1. The smallest absolute Gasteiger partial charge is 0.205 e. The summed E-state index contributed by atoms with van der Waals surface area (Å²) in [5, 5.41) is 0. The molecule has 66 valence electrons. The van der Waals surface area contributed by atoms with Gasteiger partial charge in [0.2, 0.25) is 5.95 Å². The lowest BCUT2D eigenvalue weighted by atomic mass is 10.3. The first-order chi connectivity index (χ1) is 5.77. The molecular weight excluding hydrogens is 152 g/mol. The second kappa shape index (κ2) is 2.79. The zero-order valence-electron chi connectivity index (χ0n) is 7.27. The molecule has 1 unspecified atom stereocenters. The number of hydrogen-bond acceptors (Lipinski definition) is 3. The molecule has 0 aliphatic carbocycles. The fraction of sp³-hybridized carbons (Fsp3) is 0.625. The standard InChI is InChI=1S/C8H14N4/c1-11-5-3-10-8(11)12-4-2-7(9)6-12/h3,5,7H,2,4,6,9H2,1H3. The highest BCUT2D eigenvalue weighted by Crippen LogP contribution is 2.15. The number of nitrogens with zero attached hydrogens (tertiary/aromatic N) is 3. The maximum Gasteiger partial charge on any atom is 0.205 e. The molecule has 0 spiro atoms. The van der Waals surface area contributed by atoms with E-state index in [2.05, 4.69) is 9.88 Å². The molecule has 12 heavy (non-hydrogen) atoms. The average molecular weight is 166 g/mol. The molecule has 2 N–H and O–H groups in total. The molecule has 1 saturated heterocycles. The number of anilines is 1. The Morgan fingerprint density at radius 2 is 2.50 bits per heavy atom. The van der Waals surface area contributed by atoms with Crippen LogP contribution < -0.4 is 10.6 Å². The minimum atomic E-state index is 0.321. The van der Waals surface area contributed by atoms with Gasteiger partial charge in [-0.05, 0) is 6.42 Å². The van der Waals surface area contributed by atoms with Gasteiger partial charge in [-0.3, -0.25) is 0 Å². The van der Waals surface area contributed by atoms with Crippen LogP contribution in [-0.4, -0.2) is 28.7 Å². The lowest BCUT2D eigenvalue weighted by Gasteiger charge is -2.16. The van der Waals surface area contributed by atoms with Crippen molar-refractivity contribution < 1.29 is 0 Å². The van der Waals surface area contributed by atoms with Crippen molar-refractivity contribution >= 4 is 5.95 Å². The third-order valence-corrected chi connectivity index (χ3v) is 2.30. The quantitative estimate of drug-likeness (QED) is 0.636. The van der Waals surface area contributed by atoms with Gasteiger partial charge in [0.05, 0.1) is 0 Å². The van der Waals surface area contributed by atoms with Crippen LogP contribution in [0.15, 0.2) is 12.4 Å².